The highest BCUT2D eigenvalue weighted by Crippen LogP contribution is 2.44. The summed E-state index contributed by atoms with van der Waals surface area (Å²) in [5.74, 6) is 0.432. The number of urea groups is 1. The second-order valence-corrected chi connectivity index (χ2v) is 11.6. The summed E-state index contributed by atoms with van der Waals surface area (Å²) >= 11 is 0.879. The zero-order chi connectivity index (χ0) is 22.6. The van der Waals surface area contributed by atoms with E-state index in [4.69, 9.17) is 10.1 Å². The van der Waals surface area contributed by atoms with Crippen LogP contribution in [0.1, 0.15) is 72.2 Å². The van der Waals surface area contributed by atoms with Crippen LogP contribution in [0.25, 0.3) is 0 Å². The molecule has 2 heterocycles. The van der Waals surface area contributed by atoms with Crippen LogP contribution in [-0.2, 0) is 35.0 Å². The Hall–Kier alpha value is -1.92. The highest BCUT2D eigenvalue weighted by molar-refractivity contribution is 7.93. The molecule has 5 N–H and O–H groups in total. The number of aromatic nitrogens is 2. The van der Waals surface area contributed by atoms with Gasteiger partial charge in [-0.2, -0.15) is 0 Å². The fourth-order valence-corrected chi connectivity index (χ4v) is 6.31. The molecule has 4 rings (SSSR count). The van der Waals surface area contributed by atoms with Gasteiger partial charge >= 0.3 is 6.03 Å². The average Bonchev–Trinajstić information content (AvgIpc) is 3.22. The summed E-state index contributed by atoms with van der Waals surface area (Å²) in [7, 11) is -3.67. The number of carbonyl (C=O) groups excluding carboxylic acids is 1. The van der Waals surface area contributed by atoms with Gasteiger partial charge in [-0.05, 0) is 64.0 Å². The highest BCUT2D eigenvalue weighted by Gasteiger charge is 2.32. The normalized spacial score (nSPS) is 17.9. The van der Waals surface area contributed by atoms with Crippen LogP contribution in [-0.4, -0.2) is 30.4 Å². The third-order valence-electron chi connectivity index (χ3n) is 5.52. The Morgan fingerprint density at radius 2 is 2.06 bits per heavy atom. The third kappa shape index (κ3) is 4.37. The zero-order valence-electron chi connectivity index (χ0n) is 17.8. The van der Waals surface area contributed by atoms with Crippen LogP contribution >= 0.6 is 11.3 Å². The molecule has 9 nitrogen and oxygen atoms in total. The van der Waals surface area contributed by atoms with Crippen molar-refractivity contribution in [3.63, 3.8) is 0 Å². The molecule has 2 amide bonds. The number of aliphatic hydroxyl groups is 2. The maximum Gasteiger partial charge on any atom is 0.354 e. The van der Waals surface area contributed by atoms with Crippen LogP contribution in [0, 0.1) is 6.92 Å². The highest BCUT2D eigenvalue weighted by atomic mass is 32.2. The van der Waals surface area contributed by atoms with Gasteiger partial charge in [-0.25, -0.2) is 19.1 Å². The Balaban J connectivity index is 1.69. The van der Waals surface area contributed by atoms with E-state index in [1.165, 1.54) is 13.8 Å². The largest absolute Gasteiger partial charge is 0.390 e. The van der Waals surface area contributed by atoms with Gasteiger partial charge in [0, 0.05) is 17.3 Å². The molecule has 2 aliphatic rings. The number of hydrogen-bond acceptors (Lipinski definition) is 7. The van der Waals surface area contributed by atoms with Gasteiger partial charge in [0.05, 0.1) is 18.0 Å². The number of fused-ring (bicyclic) bond motifs is 1. The van der Waals surface area contributed by atoms with Crippen molar-refractivity contribution in [1.82, 2.24) is 9.97 Å². The first-order valence-electron chi connectivity index (χ1n) is 10.2. The van der Waals surface area contributed by atoms with E-state index in [0.717, 1.165) is 66.0 Å². The van der Waals surface area contributed by atoms with Crippen LogP contribution in [0.15, 0.2) is 8.57 Å². The molecule has 0 spiro atoms. The molecular weight excluding hydrogens is 438 g/mol. The number of rotatable bonds is 5. The summed E-state index contributed by atoms with van der Waals surface area (Å²) in [5, 5.41) is 28.7. The molecule has 0 aromatic carbocycles. The lowest BCUT2D eigenvalue weighted by molar-refractivity contribution is 0.0779. The first kappa shape index (κ1) is 22.3. The summed E-state index contributed by atoms with van der Waals surface area (Å²) < 4.78 is 16.9. The van der Waals surface area contributed by atoms with Gasteiger partial charge in [-0.3, -0.25) is 4.98 Å². The van der Waals surface area contributed by atoms with Gasteiger partial charge in [0.1, 0.15) is 14.8 Å². The fourth-order valence-electron chi connectivity index (χ4n) is 3.85. The van der Waals surface area contributed by atoms with E-state index < -0.39 is 28.2 Å². The molecule has 168 valence electrons. The number of aryl methyl sites for hydroxylation is 1. The smallest absolute Gasteiger partial charge is 0.354 e. The van der Waals surface area contributed by atoms with E-state index in [9.17, 15) is 19.2 Å². The molecule has 0 bridgehead atoms. The second kappa shape index (κ2) is 7.89. The quantitative estimate of drug-likeness (QED) is 0.533. The molecule has 1 fully saturated rings. The maximum absolute atomic E-state index is 13.1. The van der Waals surface area contributed by atoms with Gasteiger partial charge in [-0.15, -0.1) is 15.7 Å². The first-order valence-corrected chi connectivity index (χ1v) is 12.6. The molecule has 2 aromatic rings. The Labute approximate surface area is 185 Å². The van der Waals surface area contributed by atoms with E-state index in [1.54, 1.807) is 0 Å². The summed E-state index contributed by atoms with van der Waals surface area (Å²) in [6.07, 6.45) is 4.87. The maximum atomic E-state index is 13.1. The molecular formula is C20H27N5O4S2. The number of aliphatic hydroxyl groups excluding tert-OH is 1. The lowest BCUT2D eigenvalue weighted by Crippen LogP contribution is -2.19. The van der Waals surface area contributed by atoms with Crippen molar-refractivity contribution in [1.29, 1.82) is 0 Å². The minimum Gasteiger partial charge on any atom is -0.390 e. The number of carbonyl (C=O) groups is 1. The predicted octanol–water partition coefficient (Wildman–Crippen LogP) is 2.87. The fraction of sp³-hybridized carbons (Fsp3) is 0.550. The van der Waals surface area contributed by atoms with Crippen LogP contribution < -0.4 is 10.5 Å². The van der Waals surface area contributed by atoms with Gasteiger partial charge in [0.25, 0.3) is 0 Å². The number of nitrogens with two attached hydrogens (primary N) is 1. The molecule has 31 heavy (non-hydrogen) atoms. The predicted molar refractivity (Wildman–Crippen MR) is 118 cm³/mol. The van der Waals surface area contributed by atoms with Crippen LogP contribution in [0.2, 0.25) is 0 Å². The SMILES string of the molecule is Cc1c(C2CC2)nc2c(c1NC(=O)N=S(N)(=O)c1sc(C(C)(C)O)nc1CO)CCC2. The van der Waals surface area contributed by atoms with Crippen molar-refractivity contribution in [2.75, 3.05) is 5.32 Å². The number of hydrogen-bond donors (Lipinski definition) is 4. The molecule has 2 aromatic heterocycles. The molecule has 2 aliphatic carbocycles. The second-order valence-electron chi connectivity index (χ2n) is 8.61. The van der Waals surface area contributed by atoms with Gasteiger partial charge in [0.15, 0.2) is 9.92 Å². The van der Waals surface area contributed by atoms with E-state index in [2.05, 4.69) is 14.7 Å². The number of pyridine rings is 1. The van der Waals surface area contributed by atoms with Crippen LogP contribution in [0.5, 0.6) is 0 Å². The minimum atomic E-state index is -3.67. The van der Waals surface area contributed by atoms with E-state index in [-0.39, 0.29) is 14.9 Å². The van der Waals surface area contributed by atoms with Crippen molar-refractivity contribution in [3.05, 3.63) is 33.2 Å². The molecule has 0 radical (unpaired) electrons. The summed E-state index contributed by atoms with van der Waals surface area (Å²) in [5.41, 5.74) is 3.39. The molecule has 0 aliphatic heterocycles. The van der Waals surface area contributed by atoms with Crippen molar-refractivity contribution < 1.29 is 19.2 Å². The van der Waals surface area contributed by atoms with Gasteiger partial charge in [0.2, 0.25) is 0 Å². The van der Waals surface area contributed by atoms with Crippen LogP contribution in [0.3, 0.4) is 0 Å². The van der Waals surface area contributed by atoms with Crippen molar-refractivity contribution in [2.45, 2.75) is 75.2 Å². The van der Waals surface area contributed by atoms with E-state index in [0.29, 0.717) is 11.6 Å². The number of nitrogens with one attached hydrogen (secondary N) is 1. The van der Waals surface area contributed by atoms with E-state index in [1.807, 2.05) is 6.92 Å². The molecule has 1 unspecified atom stereocenters. The number of thiazole rings is 1. The van der Waals surface area contributed by atoms with Gasteiger partial charge in [-0.1, -0.05) is 0 Å². The monoisotopic (exact) mass is 465 g/mol. The Morgan fingerprint density at radius 3 is 2.68 bits per heavy atom. The summed E-state index contributed by atoms with van der Waals surface area (Å²) in [6, 6.07) is -0.820. The van der Waals surface area contributed by atoms with Crippen LogP contribution in [0.4, 0.5) is 10.5 Å². The topological polar surface area (TPSA) is 151 Å². The summed E-state index contributed by atoms with van der Waals surface area (Å²) in [4.78, 5) is 21.7. The van der Waals surface area contributed by atoms with Crippen molar-refractivity contribution >= 4 is 33.0 Å². The Kier molecular flexibility index (Phi) is 5.67. The van der Waals surface area contributed by atoms with Gasteiger partial charge < -0.3 is 15.5 Å². The standard InChI is InChI=1S/C20H27N5O4S2/c1-10-15(11-7-8-11)22-13-6-4-5-12(13)16(10)24-19(27)25-31(21,29)17-14(9-26)23-18(30-17)20(2,3)28/h11,26,28H,4-9H2,1-3H3,(H3,21,22,24,25,27,29). The summed E-state index contributed by atoms with van der Waals surface area (Å²) in [6.45, 7) is 4.44. The lowest BCUT2D eigenvalue weighted by atomic mass is 10.0. The Morgan fingerprint density at radius 1 is 1.35 bits per heavy atom. The third-order valence-corrected chi connectivity index (χ3v) is 8.90. The Bertz CT molecular complexity index is 1170. The minimum absolute atomic E-state index is 0.0161. The molecule has 0 saturated heterocycles. The number of nitrogens with zero attached hydrogens (tertiary/aromatic N) is 3. The molecule has 11 heteroatoms. The average molecular weight is 466 g/mol. The van der Waals surface area contributed by atoms with Crippen molar-refractivity contribution in [3.8, 4) is 0 Å². The zero-order valence-corrected chi connectivity index (χ0v) is 19.4. The number of amides is 2. The molecule has 1 atom stereocenters. The van der Waals surface area contributed by atoms with Crippen molar-refractivity contribution in [2.24, 2.45) is 9.50 Å². The molecule has 1 saturated carbocycles. The number of anilines is 1. The lowest BCUT2D eigenvalue weighted by Gasteiger charge is -2.16. The first-order chi connectivity index (χ1) is 14.5. The van der Waals surface area contributed by atoms with E-state index >= 15 is 0 Å².